The smallest absolute Gasteiger partial charge is 0.230 e. The second kappa shape index (κ2) is 8.48. The molecular formula is C21H24N4O2S. The van der Waals surface area contributed by atoms with Gasteiger partial charge in [0.05, 0.1) is 12.9 Å². The van der Waals surface area contributed by atoms with Gasteiger partial charge in [0.1, 0.15) is 5.75 Å². The third kappa shape index (κ3) is 4.92. The van der Waals surface area contributed by atoms with Crippen molar-refractivity contribution in [2.24, 2.45) is 0 Å². The van der Waals surface area contributed by atoms with Crippen LogP contribution >= 0.6 is 11.8 Å². The van der Waals surface area contributed by atoms with Gasteiger partial charge in [0.25, 0.3) is 0 Å². The van der Waals surface area contributed by atoms with E-state index in [1.807, 2.05) is 79.9 Å². The minimum Gasteiger partial charge on any atom is -0.497 e. The maximum Gasteiger partial charge on any atom is 0.230 e. The van der Waals surface area contributed by atoms with Gasteiger partial charge in [-0.1, -0.05) is 42.1 Å². The first-order chi connectivity index (χ1) is 13.4. The first kappa shape index (κ1) is 19.9. The molecule has 0 aliphatic carbocycles. The van der Waals surface area contributed by atoms with Gasteiger partial charge in [0.2, 0.25) is 5.91 Å². The summed E-state index contributed by atoms with van der Waals surface area (Å²) < 4.78 is 7.22. The number of amides is 1. The van der Waals surface area contributed by atoms with Gasteiger partial charge >= 0.3 is 0 Å². The van der Waals surface area contributed by atoms with E-state index in [1.54, 1.807) is 7.11 Å². The molecule has 3 rings (SSSR count). The van der Waals surface area contributed by atoms with Gasteiger partial charge in [0.15, 0.2) is 11.0 Å². The minimum atomic E-state index is -0.267. The van der Waals surface area contributed by atoms with E-state index >= 15 is 0 Å². The predicted octanol–water partition coefficient (Wildman–Crippen LogP) is 3.95. The Labute approximate surface area is 169 Å². The lowest BCUT2D eigenvalue weighted by Gasteiger charge is -2.20. The number of thioether (sulfide) groups is 1. The summed E-state index contributed by atoms with van der Waals surface area (Å²) in [6, 6.07) is 17.6. The van der Waals surface area contributed by atoms with Crippen LogP contribution in [0.1, 0.15) is 20.8 Å². The molecule has 146 valence electrons. The van der Waals surface area contributed by atoms with E-state index in [0.29, 0.717) is 5.16 Å². The summed E-state index contributed by atoms with van der Waals surface area (Å²) in [5.41, 5.74) is 1.59. The molecule has 1 aromatic heterocycles. The van der Waals surface area contributed by atoms with Crippen molar-refractivity contribution in [1.29, 1.82) is 0 Å². The summed E-state index contributed by atoms with van der Waals surface area (Å²) >= 11 is 1.36. The zero-order chi connectivity index (χ0) is 20.1. The van der Waals surface area contributed by atoms with E-state index < -0.39 is 0 Å². The third-order valence-corrected chi connectivity index (χ3v) is 4.77. The number of carbonyl (C=O) groups is 1. The number of hydrogen-bond donors (Lipinski definition) is 1. The predicted molar refractivity (Wildman–Crippen MR) is 112 cm³/mol. The molecule has 0 bridgehead atoms. The van der Waals surface area contributed by atoms with Crippen molar-refractivity contribution in [1.82, 2.24) is 20.1 Å². The molecule has 0 fully saturated rings. The average Bonchev–Trinajstić information content (AvgIpc) is 3.10. The van der Waals surface area contributed by atoms with Crippen LogP contribution in [0.3, 0.4) is 0 Å². The lowest BCUT2D eigenvalue weighted by Crippen LogP contribution is -2.41. The summed E-state index contributed by atoms with van der Waals surface area (Å²) in [5, 5.41) is 12.4. The molecule has 0 radical (unpaired) electrons. The number of ether oxygens (including phenoxy) is 1. The average molecular weight is 397 g/mol. The zero-order valence-corrected chi connectivity index (χ0v) is 17.3. The molecule has 0 aliphatic heterocycles. The summed E-state index contributed by atoms with van der Waals surface area (Å²) in [7, 11) is 1.64. The molecule has 28 heavy (non-hydrogen) atoms. The molecule has 6 nitrogen and oxygen atoms in total. The lowest BCUT2D eigenvalue weighted by atomic mass is 10.1. The molecule has 0 unspecified atom stereocenters. The second-order valence-corrected chi connectivity index (χ2v) is 8.23. The van der Waals surface area contributed by atoms with Gasteiger partial charge in [-0.05, 0) is 45.0 Å². The molecule has 1 amide bonds. The van der Waals surface area contributed by atoms with Crippen LogP contribution in [0.4, 0.5) is 0 Å². The number of benzene rings is 2. The van der Waals surface area contributed by atoms with Crippen molar-refractivity contribution >= 4 is 17.7 Å². The summed E-state index contributed by atoms with van der Waals surface area (Å²) in [6.07, 6.45) is 0. The van der Waals surface area contributed by atoms with E-state index in [1.165, 1.54) is 11.8 Å². The maximum absolute atomic E-state index is 12.2. The maximum atomic E-state index is 12.2. The molecule has 0 spiro atoms. The minimum absolute atomic E-state index is 0.0388. The lowest BCUT2D eigenvalue weighted by molar-refractivity contribution is -0.119. The van der Waals surface area contributed by atoms with Crippen molar-refractivity contribution in [2.75, 3.05) is 12.9 Å². The van der Waals surface area contributed by atoms with Crippen LogP contribution in [0.2, 0.25) is 0 Å². The van der Waals surface area contributed by atoms with Crippen LogP contribution < -0.4 is 10.1 Å². The highest BCUT2D eigenvalue weighted by molar-refractivity contribution is 7.99. The van der Waals surface area contributed by atoms with Crippen molar-refractivity contribution in [2.45, 2.75) is 31.5 Å². The van der Waals surface area contributed by atoms with Crippen molar-refractivity contribution in [3.05, 3.63) is 54.6 Å². The van der Waals surface area contributed by atoms with Crippen LogP contribution in [0, 0.1) is 0 Å². The standard InChI is InChI=1S/C21H24N4O2S/c1-21(2,3)22-18(26)14-28-20-24-23-19(15-8-6-5-7-9-15)25(20)16-10-12-17(27-4)13-11-16/h5-13H,14H2,1-4H3,(H,22,26). The molecule has 1 N–H and O–H groups in total. The van der Waals surface area contributed by atoms with Crippen LogP contribution in [0.25, 0.3) is 17.1 Å². The van der Waals surface area contributed by atoms with Crippen molar-refractivity contribution in [3.63, 3.8) is 0 Å². The normalized spacial score (nSPS) is 11.3. The molecule has 0 atom stereocenters. The molecular weight excluding hydrogens is 372 g/mol. The van der Waals surface area contributed by atoms with Gasteiger partial charge in [0, 0.05) is 16.8 Å². The van der Waals surface area contributed by atoms with Gasteiger partial charge in [-0.15, -0.1) is 10.2 Å². The molecule has 0 aliphatic rings. The van der Waals surface area contributed by atoms with Crippen LogP contribution in [-0.2, 0) is 4.79 Å². The third-order valence-electron chi connectivity index (χ3n) is 3.84. The zero-order valence-electron chi connectivity index (χ0n) is 16.5. The quantitative estimate of drug-likeness (QED) is 0.639. The SMILES string of the molecule is COc1ccc(-n2c(SCC(=O)NC(C)(C)C)nnc2-c2ccccc2)cc1. The molecule has 1 heterocycles. The van der Waals surface area contributed by atoms with Gasteiger partial charge in [-0.25, -0.2) is 0 Å². The Hall–Kier alpha value is -2.80. The number of nitrogens with one attached hydrogen (secondary N) is 1. The largest absolute Gasteiger partial charge is 0.497 e. The Balaban J connectivity index is 1.93. The summed E-state index contributed by atoms with van der Waals surface area (Å²) in [5.74, 6) is 1.73. The number of carbonyl (C=O) groups excluding carboxylic acids is 1. The Kier molecular flexibility index (Phi) is 6.04. The van der Waals surface area contributed by atoms with E-state index in [2.05, 4.69) is 15.5 Å². The number of hydrogen-bond acceptors (Lipinski definition) is 5. The number of aromatic nitrogens is 3. The fourth-order valence-corrected chi connectivity index (χ4v) is 3.44. The summed E-state index contributed by atoms with van der Waals surface area (Å²) in [4.78, 5) is 12.2. The van der Waals surface area contributed by atoms with Gasteiger partial charge < -0.3 is 10.1 Å². The van der Waals surface area contributed by atoms with Crippen molar-refractivity contribution in [3.8, 4) is 22.8 Å². The van der Waals surface area contributed by atoms with Crippen LogP contribution in [-0.4, -0.2) is 39.1 Å². The number of nitrogens with zero attached hydrogens (tertiary/aromatic N) is 3. The van der Waals surface area contributed by atoms with E-state index in [9.17, 15) is 4.79 Å². The van der Waals surface area contributed by atoms with E-state index in [4.69, 9.17) is 4.74 Å². The van der Waals surface area contributed by atoms with E-state index in [0.717, 1.165) is 22.8 Å². The Bertz CT molecular complexity index is 931. The Morgan fingerprint density at radius 1 is 1.07 bits per heavy atom. The highest BCUT2D eigenvalue weighted by Gasteiger charge is 2.19. The van der Waals surface area contributed by atoms with Gasteiger partial charge in [-0.3, -0.25) is 9.36 Å². The second-order valence-electron chi connectivity index (χ2n) is 7.29. The fourth-order valence-electron chi connectivity index (χ4n) is 2.69. The highest BCUT2D eigenvalue weighted by Crippen LogP contribution is 2.28. The Morgan fingerprint density at radius 3 is 2.36 bits per heavy atom. The molecule has 0 saturated heterocycles. The molecule has 2 aromatic carbocycles. The molecule has 7 heteroatoms. The van der Waals surface area contributed by atoms with Crippen LogP contribution in [0.15, 0.2) is 59.8 Å². The van der Waals surface area contributed by atoms with Crippen LogP contribution in [0.5, 0.6) is 5.75 Å². The highest BCUT2D eigenvalue weighted by atomic mass is 32.2. The van der Waals surface area contributed by atoms with Gasteiger partial charge in [-0.2, -0.15) is 0 Å². The topological polar surface area (TPSA) is 69.0 Å². The number of methoxy groups -OCH3 is 1. The summed E-state index contributed by atoms with van der Waals surface area (Å²) in [6.45, 7) is 5.88. The molecule has 3 aromatic rings. The Morgan fingerprint density at radius 2 is 1.75 bits per heavy atom. The fraction of sp³-hybridized carbons (Fsp3) is 0.286. The first-order valence-electron chi connectivity index (χ1n) is 8.96. The first-order valence-corrected chi connectivity index (χ1v) is 9.95. The van der Waals surface area contributed by atoms with Crippen molar-refractivity contribution < 1.29 is 9.53 Å². The number of rotatable bonds is 6. The monoisotopic (exact) mass is 396 g/mol. The molecule has 0 saturated carbocycles. The van der Waals surface area contributed by atoms with E-state index in [-0.39, 0.29) is 17.2 Å².